The highest BCUT2D eigenvalue weighted by Gasteiger charge is 2.35. The number of amides is 1. The van der Waals surface area contributed by atoms with Crippen molar-refractivity contribution in [1.82, 2.24) is 10.2 Å². The Kier molecular flexibility index (Phi) is 4.43. The van der Waals surface area contributed by atoms with Crippen LogP contribution in [0.25, 0.3) is 0 Å². The first-order chi connectivity index (χ1) is 8.18. The SMILES string of the molecule is CC(C)CCN(C(=O)C1CCCNC1)C1CC1. The first-order valence-corrected chi connectivity index (χ1v) is 7.19. The number of carbonyl (C=O) groups excluding carboxylic acids is 1. The highest BCUT2D eigenvalue weighted by Crippen LogP contribution is 2.29. The smallest absolute Gasteiger partial charge is 0.227 e. The predicted octanol–water partition coefficient (Wildman–Crippen LogP) is 2.02. The molecule has 17 heavy (non-hydrogen) atoms. The fourth-order valence-electron chi connectivity index (χ4n) is 2.55. The van der Waals surface area contributed by atoms with E-state index >= 15 is 0 Å². The molecule has 1 N–H and O–H groups in total. The van der Waals surface area contributed by atoms with Gasteiger partial charge in [-0.1, -0.05) is 13.8 Å². The Hall–Kier alpha value is -0.570. The van der Waals surface area contributed by atoms with Crippen molar-refractivity contribution in [2.75, 3.05) is 19.6 Å². The Morgan fingerprint density at radius 1 is 1.35 bits per heavy atom. The van der Waals surface area contributed by atoms with Gasteiger partial charge in [0.25, 0.3) is 0 Å². The summed E-state index contributed by atoms with van der Waals surface area (Å²) >= 11 is 0. The summed E-state index contributed by atoms with van der Waals surface area (Å²) in [4.78, 5) is 14.7. The van der Waals surface area contributed by atoms with Gasteiger partial charge in [-0.15, -0.1) is 0 Å². The van der Waals surface area contributed by atoms with E-state index in [0.29, 0.717) is 17.9 Å². The molecule has 0 aromatic rings. The highest BCUT2D eigenvalue weighted by molar-refractivity contribution is 5.79. The zero-order valence-corrected chi connectivity index (χ0v) is 11.2. The lowest BCUT2D eigenvalue weighted by Gasteiger charge is -2.30. The second-order valence-corrected chi connectivity index (χ2v) is 5.99. The first-order valence-electron chi connectivity index (χ1n) is 7.19. The van der Waals surface area contributed by atoms with E-state index in [-0.39, 0.29) is 5.92 Å². The summed E-state index contributed by atoms with van der Waals surface area (Å²) < 4.78 is 0. The Labute approximate surface area is 105 Å². The molecule has 1 aliphatic carbocycles. The van der Waals surface area contributed by atoms with Crippen LogP contribution < -0.4 is 5.32 Å². The third kappa shape index (κ3) is 3.70. The Balaban J connectivity index is 1.87. The molecule has 1 atom stereocenters. The average molecular weight is 238 g/mol. The lowest BCUT2D eigenvalue weighted by Crippen LogP contribution is -2.44. The molecule has 0 aromatic heterocycles. The van der Waals surface area contributed by atoms with Crippen molar-refractivity contribution in [3.8, 4) is 0 Å². The van der Waals surface area contributed by atoms with E-state index in [0.717, 1.165) is 38.9 Å². The van der Waals surface area contributed by atoms with Gasteiger partial charge in [0.05, 0.1) is 5.92 Å². The number of hydrogen-bond donors (Lipinski definition) is 1. The second kappa shape index (κ2) is 5.85. The molecule has 1 aliphatic heterocycles. The zero-order chi connectivity index (χ0) is 12.3. The molecule has 3 nitrogen and oxygen atoms in total. The van der Waals surface area contributed by atoms with E-state index in [9.17, 15) is 4.79 Å². The van der Waals surface area contributed by atoms with E-state index in [1.54, 1.807) is 0 Å². The van der Waals surface area contributed by atoms with Crippen LogP contribution in [-0.2, 0) is 4.79 Å². The third-order valence-corrected chi connectivity index (χ3v) is 3.86. The van der Waals surface area contributed by atoms with Gasteiger partial charge in [-0.25, -0.2) is 0 Å². The van der Waals surface area contributed by atoms with Crippen molar-refractivity contribution in [2.24, 2.45) is 11.8 Å². The molecule has 1 unspecified atom stereocenters. The summed E-state index contributed by atoms with van der Waals surface area (Å²) in [7, 11) is 0. The zero-order valence-electron chi connectivity index (χ0n) is 11.2. The van der Waals surface area contributed by atoms with Crippen molar-refractivity contribution in [1.29, 1.82) is 0 Å². The summed E-state index contributed by atoms with van der Waals surface area (Å²) in [6, 6.07) is 0.572. The number of hydrogen-bond acceptors (Lipinski definition) is 2. The standard InChI is InChI=1S/C14H26N2O/c1-11(2)7-9-16(13-5-6-13)14(17)12-4-3-8-15-10-12/h11-13,15H,3-10H2,1-2H3. The molecular formula is C14H26N2O. The quantitative estimate of drug-likeness (QED) is 0.795. The second-order valence-electron chi connectivity index (χ2n) is 5.99. The molecule has 98 valence electrons. The van der Waals surface area contributed by atoms with Crippen LogP contribution >= 0.6 is 0 Å². The molecule has 2 fully saturated rings. The Bertz CT molecular complexity index is 255. The van der Waals surface area contributed by atoms with Crippen LogP contribution in [0.15, 0.2) is 0 Å². The molecule has 2 rings (SSSR count). The maximum absolute atomic E-state index is 12.5. The van der Waals surface area contributed by atoms with Crippen molar-refractivity contribution < 1.29 is 4.79 Å². The number of piperidine rings is 1. The van der Waals surface area contributed by atoms with Gasteiger partial charge >= 0.3 is 0 Å². The van der Waals surface area contributed by atoms with Crippen LogP contribution in [0.1, 0.15) is 46.0 Å². The van der Waals surface area contributed by atoms with E-state index in [1.165, 1.54) is 12.8 Å². The average Bonchev–Trinajstić information content (AvgIpc) is 3.14. The summed E-state index contributed by atoms with van der Waals surface area (Å²) in [6.45, 7) is 7.41. The molecule has 0 bridgehead atoms. The Morgan fingerprint density at radius 2 is 2.12 bits per heavy atom. The van der Waals surface area contributed by atoms with Crippen molar-refractivity contribution in [3.63, 3.8) is 0 Å². The number of nitrogens with one attached hydrogen (secondary N) is 1. The van der Waals surface area contributed by atoms with E-state index in [2.05, 4.69) is 24.1 Å². The molecule has 1 heterocycles. The lowest BCUT2D eigenvalue weighted by atomic mass is 9.97. The van der Waals surface area contributed by atoms with Gasteiger partial charge < -0.3 is 10.2 Å². The van der Waals surface area contributed by atoms with Crippen LogP contribution in [0.5, 0.6) is 0 Å². The maximum Gasteiger partial charge on any atom is 0.227 e. The van der Waals surface area contributed by atoms with Crippen molar-refractivity contribution in [2.45, 2.75) is 52.0 Å². The fourth-order valence-corrected chi connectivity index (χ4v) is 2.55. The summed E-state index contributed by atoms with van der Waals surface area (Å²) in [5.74, 6) is 1.35. The lowest BCUT2D eigenvalue weighted by molar-refractivity contribution is -0.136. The number of nitrogens with zero attached hydrogens (tertiary/aromatic N) is 1. The molecule has 0 aromatic carbocycles. The summed E-state index contributed by atoms with van der Waals surface area (Å²) in [6.07, 6.45) is 5.83. The van der Waals surface area contributed by atoms with Crippen molar-refractivity contribution in [3.05, 3.63) is 0 Å². The molecule has 1 saturated carbocycles. The normalized spacial score (nSPS) is 25.0. The minimum absolute atomic E-state index is 0.247. The molecule has 2 aliphatic rings. The van der Waals surface area contributed by atoms with Gasteiger partial charge in [0.15, 0.2) is 0 Å². The summed E-state index contributed by atoms with van der Waals surface area (Å²) in [5.41, 5.74) is 0. The van der Waals surface area contributed by atoms with Crippen LogP contribution in [0.2, 0.25) is 0 Å². The van der Waals surface area contributed by atoms with Gasteiger partial charge in [-0.2, -0.15) is 0 Å². The molecular weight excluding hydrogens is 212 g/mol. The van der Waals surface area contributed by atoms with E-state index in [1.807, 2.05) is 0 Å². The number of rotatable bonds is 5. The third-order valence-electron chi connectivity index (χ3n) is 3.86. The monoisotopic (exact) mass is 238 g/mol. The molecule has 1 saturated heterocycles. The molecule has 3 heteroatoms. The predicted molar refractivity (Wildman–Crippen MR) is 69.8 cm³/mol. The van der Waals surface area contributed by atoms with Gasteiger partial charge in [-0.05, 0) is 44.6 Å². The van der Waals surface area contributed by atoms with E-state index < -0.39 is 0 Å². The van der Waals surface area contributed by atoms with Crippen LogP contribution in [0.3, 0.4) is 0 Å². The molecule has 0 radical (unpaired) electrons. The van der Waals surface area contributed by atoms with Gasteiger partial charge in [0, 0.05) is 19.1 Å². The minimum Gasteiger partial charge on any atom is -0.339 e. The van der Waals surface area contributed by atoms with Gasteiger partial charge in [0.2, 0.25) is 5.91 Å². The first kappa shape index (κ1) is 12.9. The molecule has 0 spiro atoms. The van der Waals surface area contributed by atoms with Gasteiger partial charge in [0.1, 0.15) is 0 Å². The van der Waals surface area contributed by atoms with Crippen molar-refractivity contribution >= 4 is 5.91 Å². The largest absolute Gasteiger partial charge is 0.339 e. The van der Waals surface area contributed by atoms with Crippen LogP contribution in [-0.4, -0.2) is 36.5 Å². The molecule has 1 amide bonds. The minimum atomic E-state index is 0.247. The van der Waals surface area contributed by atoms with Gasteiger partial charge in [-0.3, -0.25) is 4.79 Å². The van der Waals surface area contributed by atoms with Crippen LogP contribution in [0, 0.1) is 11.8 Å². The Morgan fingerprint density at radius 3 is 2.65 bits per heavy atom. The highest BCUT2D eigenvalue weighted by atomic mass is 16.2. The van der Waals surface area contributed by atoms with Crippen LogP contribution in [0.4, 0.5) is 0 Å². The van der Waals surface area contributed by atoms with E-state index in [4.69, 9.17) is 0 Å². The topological polar surface area (TPSA) is 32.3 Å². The summed E-state index contributed by atoms with van der Waals surface area (Å²) in [5, 5.41) is 3.35. The fraction of sp³-hybridized carbons (Fsp3) is 0.929. The maximum atomic E-state index is 12.5. The number of carbonyl (C=O) groups is 1.